The molecule has 1 aliphatic heterocycles. The van der Waals surface area contributed by atoms with E-state index in [2.05, 4.69) is 10.3 Å². The molecule has 1 saturated heterocycles. The summed E-state index contributed by atoms with van der Waals surface area (Å²) in [6.45, 7) is 0.602. The Balaban J connectivity index is 1.83. The first-order valence-electron chi connectivity index (χ1n) is 8.74. The van der Waals surface area contributed by atoms with Crippen molar-refractivity contribution < 1.29 is 17.6 Å². The van der Waals surface area contributed by atoms with E-state index >= 15 is 0 Å². The molecule has 3 rings (SSSR count). The summed E-state index contributed by atoms with van der Waals surface area (Å²) in [5.41, 5.74) is 0.704. The largest absolute Gasteiger partial charge is 0.342 e. The van der Waals surface area contributed by atoms with Gasteiger partial charge in [-0.2, -0.15) is 0 Å². The fraction of sp³-hybridized carbons (Fsp3) is 0.444. The lowest BCUT2D eigenvalue weighted by atomic mass is 9.97. The maximum absolute atomic E-state index is 13.3. The number of hydrogen-bond donors (Lipinski definition) is 1. The molecule has 0 bridgehead atoms. The van der Waals surface area contributed by atoms with E-state index in [1.165, 1.54) is 16.4 Å². The average molecular weight is 394 g/mol. The first-order chi connectivity index (χ1) is 12.8. The number of rotatable bonds is 5. The number of nitrogens with one attached hydrogen (secondary N) is 1. The summed E-state index contributed by atoms with van der Waals surface area (Å²) in [5.74, 6) is -0.414. The van der Waals surface area contributed by atoms with Crippen LogP contribution in [0.2, 0.25) is 0 Å². The minimum Gasteiger partial charge on any atom is -0.342 e. The van der Waals surface area contributed by atoms with Crippen LogP contribution in [0.1, 0.15) is 30.3 Å². The van der Waals surface area contributed by atoms with Gasteiger partial charge in [-0.05, 0) is 30.5 Å². The average Bonchev–Trinajstić information content (AvgIpc) is 3.05. The number of sulfonamides is 1. The molecule has 2 heterocycles. The van der Waals surface area contributed by atoms with Crippen molar-refractivity contribution in [2.45, 2.75) is 18.9 Å². The van der Waals surface area contributed by atoms with Gasteiger partial charge in [-0.1, -0.05) is 12.1 Å². The van der Waals surface area contributed by atoms with Crippen LogP contribution >= 0.6 is 0 Å². The third-order valence-electron chi connectivity index (χ3n) is 4.83. The summed E-state index contributed by atoms with van der Waals surface area (Å²) >= 11 is 0. The van der Waals surface area contributed by atoms with Gasteiger partial charge < -0.3 is 9.88 Å². The number of carbonyl (C=O) groups is 1. The first-order valence-corrected chi connectivity index (χ1v) is 10.6. The van der Waals surface area contributed by atoms with Gasteiger partial charge in [0.1, 0.15) is 17.7 Å². The van der Waals surface area contributed by atoms with E-state index in [4.69, 9.17) is 0 Å². The fourth-order valence-electron chi connectivity index (χ4n) is 3.33. The zero-order valence-electron chi connectivity index (χ0n) is 15.3. The van der Waals surface area contributed by atoms with Crippen molar-refractivity contribution in [3.05, 3.63) is 53.9 Å². The number of amides is 1. The number of hydrogen-bond acceptors (Lipinski definition) is 4. The molecule has 0 spiro atoms. The number of carbonyl (C=O) groups excluding carboxylic acids is 1. The van der Waals surface area contributed by atoms with Gasteiger partial charge in [0, 0.05) is 32.5 Å². The van der Waals surface area contributed by atoms with E-state index in [-0.39, 0.29) is 18.3 Å². The van der Waals surface area contributed by atoms with E-state index in [1.807, 2.05) is 7.05 Å². The molecule has 0 aliphatic carbocycles. The molecule has 1 aromatic heterocycles. The van der Waals surface area contributed by atoms with Gasteiger partial charge in [-0.3, -0.25) is 4.79 Å². The van der Waals surface area contributed by atoms with Gasteiger partial charge >= 0.3 is 0 Å². The molecule has 27 heavy (non-hydrogen) atoms. The number of aromatic nitrogens is 2. The van der Waals surface area contributed by atoms with E-state index in [1.54, 1.807) is 29.1 Å². The molecular formula is C18H23FN4O3S. The van der Waals surface area contributed by atoms with Gasteiger partial charge in [-0.15, -0.1) is 0 Å². The Morgan fingerprint density at radius 2 is 2.04 bits per heavy atom. The summed E-state index contributed by atoms with van der Waals surface area (Å²) in [6.07, 6.45) is 5.81. The molecule has 2 unspecified atom stereocenters. The molecule has 1 aliphatic rings. The first kappa shape index (κ1) is 19.5. The van der Waals surface area contributed by atoms with Crippen LogP contribution < -0.4 is 5.32 Å². The maximum Gasteiger partial charge on any atom is 0.225 e. The molecular weight excluding hydrogens is 371 g/mol. The van der Waals surface area contributed by atoms with Crippen LogP contribution in [0.5, 0.6) is 0 Å². The highest BCUT2D eigenvalue weighted by molar-refractivity contribution is 7.88. The predicted octanol–water partition coefficient (Wildman–Crippen LogP) is 1.44. The van der Waals surface area contributed by atoms with Crippen molar-refractivity contribution in [3.8, 4) is 0 Å². The lowest BCUT2D eigenvalue weighted by molar-refractivity contribution is -0.126. The van der Waals surface area contributed by atoms with Crippen molar-refractivity contribution in [2.24, 2.45) is 13.0 Å². The molecule has 2 atom stereocenters. The van der Waals surface area contributed by atoms with Crippen molar-refractivity contribution in [1.29, 1.82) is 0 Å². The maximum atomic E-state index is 13.3. The van der Waals surface area contributed by atoms with Crippen molar-refractivity contribution >= 4 is 15.9 Å². The molecule has 2 aromatic rings. The molecule has 1 amide bonds. The van der Waals surface area contributed by atoms with Gasteiger partial charge in [0.2, 0.25) is 15.9 Å². The van der Waals surface area contributed by atoms with E-state index in [0.717, 1.165) is 6.26 Å². The van der Waals surface area contributed by atoms with Crippen LogP contribution in [0, 0.1) is 11.7 Å². The number of aryl methyl sites for hydroxylation is 1. The van der Waals surface area contributed by atoms with Gasteiger partial charge in [0.05, 0.1) is 12.2 Å². The highest BCUT2D eigenvalue weighted by Gasteiger charge is 2.32. The highest BCUT2D eigenvalue weighted by atomic mass is 32.2. The second-order valence-corrected chi connectivity index (χ2v) is 8.83. The Bertz CT molecular complexity index is 911. The summed E-state index contributed by atoms with van der Waals surface area (Å²) < 4.78 is 40.1. The summed E-state index contributed by atoms with van der Waals surface area (Å²) in [6, 6.07) is 5.34. The molecule has 1 fully saturated rings. The predicted molar refractivity (Wildman–Crippen MR) is 98.7 cm³/mol. The number of imidazole rings is 1. The van der Waals surface area contributed by atoms with Crippen LogP contribution in [-0.2, 0) is 21.9 Å². The van der Waals surface area contributed by atoms with Crippen LogP contribution in [-0.4, -0.2) is 47.5 Å². The molecule has 7 nitrogen and oxygen atoms in total. The van der Waals surface area contributed by atoms with Crippen LogP contribution in [0.3, 0.4) is 0 Å². The minimum absolute atomic E-state index is 0.168. The van der Waals surface area contributed by atoms with Crippen LogP contribution in [0.4, 0.5) is 4.39 Å². The second kappa shape index (κ2) is 7.77. The number of nitrogens with zero attached hydrogens (tertiary/aromatic N) is 3. The minimum atomic E-state index is -3.33. The molecule has 0 saturated carbocycles. The Hall–Kier alpha value is -2.26. The van der Waals surface area contributed by atoms with Crippen LogP contribution in [0.15, 0.2) is 36.7 Å². The fourth-order valence-corrected chi connectivity index (χ4v) is 4.24. The number of benzene rings is 1. The van der Waals surface area contributed by atoms with Crippen molar-refractivity contribution in [2.75, 3.05) is 19.3 Å². The van der Waals surface area contributed by atoms with Gasteiger partial charge in [-0.25, -0.2) is 22.1 Å². The normalized spacial score (nSPS) is 19.6. The van der Waals surface area contributed by atoms with Crippen molar-refractivity contribution in [3.63, 3.8) is 0 Å². The van der Waals surface area contributed by atoms with Crippen LogP contribution in [0.25, 0.3) is 0 Å². The quantitative estimate of drug-likeness (QED) is 0.832. The number of piperidine rings is 1. The van der Waals surface area contributed by atoms with E-state index in [0.29, 0.717) is 30.8 Å². The molecule has 1 N–H and O–H groups in total. The van der Waals surface area contributed by atoms with Crippen molar-refractivity contribution in [1.82, 2.24) is 19.2 Å². The second-order valence-electron chi connectivity index (χ2n) is 6.85. The monoisotopic (exact) mass is 394 g/mol. The standard InChI is InChI=1S/C18H23FN4O3S/c1-22-11-9-20-17(22)16(13-5-7-15(19)8-6-13)21-18(24)14-4-3-10-23(12-14)27(2,25)26/h5-9,11,14,16H,3-4,10,12H2,1-2H3,(H,21,24). The molecule has 146 valence electrons. The SMILES string of the molecule is Cn1ccnc1C(NC(=O)C1CCCN(S(C)(=O)=O)C1)c1ccc(F)cc1. The summed E-state index contributed by atoms with van der Waals surface area (Å²) in [5, 5.41) is 2.97. The Labute approximate surface area is 158 Å². The number of halogens is 1. The van der Waals surface area contributed by atoms with Gasteiger partial charge in [0.15, 0.2) is 0 Å². The Morgan fingerprint density at radius 3 is 2.63 bits per heavy atom. The molecule has 0 radical (unpaired) electrons. The molecule has 9 heteroatoms. The smallest absolute Gasteiger partial charge is 0.225 e. The molecule has 1 aromatic carbocycles. The Kier molecular flexibility index (Phi) is 5.61. The van der Waals surface area contributed by atoms with Gasteiger partial charge in [0.25, 0.3) is 0 Å². The third-order valence-corrected chi connectivity index (χ3v) is 6.10. The lowest BCUT2D eigenvalue weighted by Crippen LogP contribution is -2.46. The van der Waals surface area contributed by atoms with E-state index < -0.39 is 22.0 Å². The summed E-state index contributed by atoms with van der Waals surface area (Å²) in [7, 11) is -1.52. The topological polar surface area (TPSA) is 84.3 Å². The lowest BCUT2D eigenvalue weighted by Gasteiger charge is -2.31. The third kappa shape index (κ3) is 4.54. The zero-order chi connectivity index (χ0) is 19.6. The van der Waals surface area contributed by atoms with E-state index in [9.17, 15) is 17.6 Å². The zero-order valence-corrected chi connectivity index (χ0v) is 16.1. The summed E-state index contributed by atoms with van der Waals surface area (Å²) in [4.78, 5) is 17.2. The highest BCUT2D eigenvalue weighted by Crippen LogP contribution is 2.24. The Morgan fingerprint density at radius 1 is 1.33 bits per heavy atom.